The lowest BCUT2D eigenvalue weighted by Crippen LogP contribution is -2.37. The van der Waals surface area contributed by atoms with Gasteiger partial charge in [0.1, 0.15) is 16.8 Å². The number of rotatable bonds is 2. The molecule has 112 valence electrons. The third-order valence-electron chi connectivity index (χ3n) is 3.55. The molecule has 1 aromatic rings. The third kappa shape index (κ3) is 3.07. The third-order valence-corrected chi connectivity index (χ3v) is 5.97. The van der Waals surface area contributed by atoms with E-state index in [2.05, 4.69) is 0 Å². The lowest BCUT2D eigenvalue weighted by atomic mass is 10.0. The van der Waals surface area contributed by atoms with Crippen molar-refractivity contribution in [3.63, 3.8) is 0 Å². The number of hydrogen-bond acceptors (Lipinski definition) is 1. The Morgan fingerprint density at radius 2 is 2.05 bits per heavy atom. The highest BCUT2D eigenvalue weighted by Crippen LogP contribution is 2.40. The predicted molar refractivity (Wildman–Crippen MR) is 82.7 cm³/mol. The molecule has 2 nitrogen and oxygen atoms in total. The van der Waals surface area contributed by atoms with Crippen LogP contribution in [-0.2, 0) is 11.0 Å². The minimum Gasteiger partial charge on any atom is -0.242 e. The van der Waals surface area contributed by atoms with E-state index in [4.69, 9.17) is 11.6 Å². The highest BCUT2D eigenvalue weighted by atomic mass is 35.5. The molecule has 1 saturated heterocycles. The Kier molecular flexibility index (Phi) is 4.57. The predicted octanol–water partition coefficient (Wildman–Crippen LogP) is 4.39. The monoisotopic (exact) mass is 317 g/mol. The van der Waals surface area contributed by atoms with Crippen molar-refractivity contribution in [2.24, 2.45) is 0 Å². The lowest BCUT2D eigenvalue weighted by molar-refractivity contribution is 0.414. The summed E-state index contributed by atoms with van der Waals surface area (Å²) >= 11 is 6.34. The highest BCUT2D eigenvalue weighted by molar-refractivity contribution is 7.84. The van der Waals surface area contributed by atoms with Crippen LogP contribution in [0.15, 0.2) is 12.1 Å². The van der Waals surface area contributed by atoms with Gasteiger partial charge < -0.3 is 0 Å². The molecule has 0 aromatic heterocycles. The van der Waals surface area contributed by atoms with E-state index in [0.717, 1.165) is 30.5 Å². The topological polar surface area (TPSA) is 20.3 Å². The van der Waals surface area contributed by atoms with Crippen LogP contribution in [0, 0.1) is 12.7 Å². The molecule has 0 saturated carbocycles. The first-order valence-corrected chi connectivity index (χ1v) is 8.34. The zero-order chi connectivity index (χ0) is 15.1. The van der Waals surface area contributed by atoms with Gasteiger partial charge in [-0.2, -0.15) is 0 Å². The van der Waals surface area contributed by atoms with E-state index in [0.29, 0.717) is 5.02 Å². The van der Waals surface area contributed by atoms with E-state index in [1.807, 2.05) is 25.1 Å². The maximum atomic E-state index is 13.7. The Balaban J connectivity index is 2.39. The van der Waals surface area contributed by atoms with E-state index in [1.165, 1.54) is 12.1 Å². The molecule has 0 spiro atoms. The summed E-state index contributed by atoms with van der Waals surface area (Å²) in [5.74, 6) is -0.282. The minimum absolute atomic E-state index is 0.0584. The van der Waals surface area contributed by atoms with Gasteiger partial charge in [-0.25, -0.2) is 12.9 Å². The molecule has 1 fully saturated rings. The maximum Gasteiger partial charge on any atom is 0.123 e. The first-order chi connectivity index (χ1) is 9.21. The molecule has 20 heavy (non-hydrogen) atoms. The standard InChI is InChI=1S/C15H21ClFNOS/c1-10-8-11(17)9-12(14(10)16)13-6-5-7-18(13)20(19)15(2,3)4/h8-9,13H,5-7H2,1-4H3/t13-,20+/m0/s1. The lowest BCUT2D eigenvalue weighted by Gasteiger charge is -2.31. The van der Waals surface area contributed by atoms with Crippen LogP contribution in [0.25, 0.3) is 0 Å². The maximum absolute atomic E-state index is 13.7. The quantitative estimate of drug-likeness (QED) is 0.792. The molecule has 1 aliphatic heterocycles. The largest absolute Gasteiger partial charge is 0.242 e. The van der Waals surface area contributed by atoms with Crippen molar-refractivity contribution < 1.29 is 8.60 Å². The molecule has 0 aliphatic carbocycles. The van der Waals surface area contributed by atoms with E-state index in [9.17, 15) is 8.60 Å². The first-order valence-electron chi connectivity index (χ1n) is 6.86. The summed E-state index contributed by atoms with van der Waals surface area (Å²) in [6.07, 6.45) is 1.82. The van der Waals surface area contributed by atoms with E-state index in [-0.39, 0.29) is 16.6 Å². The Morgan fingerprint density at radius 1 is 1.40 bits per heavy atom. The molecule has 0 unspecified atom stereocenters. The normalized spacial score (nSPS) is 22.2. The van der Waals surface area contributed by atoms with Crippen molar-refractivity contribution in [2.75, 3.05) is 6.54 Å². The van der Waals surface area contributed by atoms with Gasteiger partial charge in [-0.15, -0.1) is 0 Å². The van der Waals surface area contributed by atoms with Crippen LogP contribution in [0.3, 0.4) is 0 Å². The van der Waals surface area contributed by atoms with Crippen molar-refractivity contribution >= 4 is 22.6 Å². The van der Waals surface area contributed by atoms with Crippen LogP contribution >= 0.6 is 11.6 Å². The second-order valence-corrected chi connectivity index (χ2v) is 8.86. The minimum atomic E-state index is -1.11. The van der Waals surface area contributed by atoms with Gasteiger partial charge in [-0.1, -0.05) is 11.6 Å². The average Bonchev–Trinajstić information content (AvgIpc) is 2.80. The molecule has 5 heteroatoms. The SMILES string of the molecule is Cc1cc(F)cc([C@@H]2CCCN2[S@](=O)C(C)(C)C)c1Cl. The second kappa shape index (κ2) is 5.74. The van der Waals surface area contributed by atoms with Crippen molar-refractivity contribution in [3.05, 3.63) is 34.1 Å². The van der Waals surface area contributed by atoms with Crippen molar-refractivity contribution in [1.29, 1.82) is 0 Å². The summed E-state index contributed by atoms with van der Waals surface area (Å²) in [6.45, 7) is 8.43. The molecule has 2 atom stereocenters. The van der Waals surface area contributed by atoms with Gasteiger partial charge in [0.2, 0.25) is 0 Å². The summed E-state index contributed by atoms with van der Waals surface area (Å²) in [5.41, 5.74) is 1.49. The van der Waals surface area contributed by atoms with E-state index in [1.54, 1.807) is 6.92 Å². The van der Waals surface area contributed by atoms with Crippen LogP contribution in [0.4, 0.5) is 4.39 Å². The molecule has 0 bridgehead atoms. The molecule has 0 radical (unpaired) electrons. The molecular formula is C15H21ClFNOS. The van der Waals surface area contributed by atoms with Crippen molar-refractivity contribution in [3.8, 4) is 0 Å². The molecule has 2 rings (SSSR count). The van der Waals surface area contributed by atoms with Gasteiger partial charge in [-0.3, -0.25) is 0 Å². The van der Waals surface area contributed by atoms with Crippen molar-refractivity contribution in [2.45, 2.75) is 51.3 Å². The number of benzene rings is 1. The zero-order valence-electron chi connectivity index (χ0n) is 12.4. The van der Waals surface area contributed by atoms with Crippen LogP contribution in [0.1, 0.15) is 50.8 Å². The fourth-order valence-corrected chi connectivity index (χ4v) is 4.28. The second-order valence-electron chi connectivity index (χ2n) is 6.29. The summed E-state index contributed by atoms with van der Waals surface area (Å²) in [7, 11) is -1.11. The smallest absolute Gasteiger partial charge is 0.123 e. The van der Waals surface area contributed by atoms with Gasteiger partial charge in [0.05, 0.1) is 4.75 Å². The van der Waals surface area contributed by atoms with Crippen LogP contribution in [0.5, 0.6) is 0 Å². The summed E-state index contributed by atoms with van der Waals surface area (Å²) in [6, 6.07) is 2.86. The van der Waals surface area contributed by atoms with Gasteiger partial charge in [0.25, 0.3) is 0 Å². The average molecular weight is 318 g/mol. The Hall–Kier alpha value is -0.450. The number of halogens is 2. The van der Waals surface area contributed by atoms with Gasteiger partial charge in [0, 0.05) is 17.6 Å². The summed E-state index contributed by atoms with van der Waals surface area (Å²) in [4.78, 5) is 0. The molecular weight excluding hydrogens is 297 g/mol. The molecule has 1 aromatic carbocycles. The van der Waals surface area contributed by atoms with Crippen molar-refractivity contribution in [1.82, 2.24) is 4.31 Å². The zero-order valence-corrected chi connectivity index (χ0v) is 13.9. The van der Waals surface area contributed by atoms with Crippen LogP contribution < -0.4 is 0 Å². The Labute approximate surface area is 127 Å². The molecule has 0 amide bonds. The number of nitrogens with zero attached hydrogens (tertiary/aromatic N) is 1. The molecule has 1 heterocycles. The fourth-order valence-electron chi connectivity index (χ4n) is 2.60. The molecule has 0 N–H and O–H groups in total. The molecule has 1 aliphatic rings. The number of hydrogen-bond donors (Lipinski definition) is 0. The Bertz CT molecular complexity index is 541. The highest BCUT2D eigenvalue weighted by Gasteiger charge is 2.36. The van der Waals surface area contributed by atoms with Crippen LogP contribution in [0.2, 0.25) is 5.02 Å². The first kappa shape index (κ1) is 15.9. The summed E-state index contributed by atoms with van der Waals surface area (Å²) in [5, 5.41) is 0.592. The van der Waals surface area contributed by atoms with E-state index < -0.39 is 11.0 Å². The van der Waals surface area contributed by atoms with Gasteiger partial charge in [0.15, 0.2) is 0 Å². The van der Waals surface area contributed by atoms with E-state index >= 15 is 0 Å². The summed E-state index contributed by atoms with van der Waals surface area (Å²) < 4.78 is 27.9. The fraction of sp³-hybridized carbons (Fsp3) is 0.600. The van der Waals surface area contributed by atoms with Crippen LogP contribution in [-0.4, -0.2) is 19.8 Å². The number of aryl methyl sites for hydroxylation is 1. The van der Waals surface area contributed by atoms with Gasteiger partial charge in [-0.05, 0) is 63.8 Å². The van der Waals surface area contributed by atoms with Gasteiger partial charge >= 0.3 is 0 Å². The Morgan fingerprint density at radius 3 is 2.65 bits per heavy atom.